The summed E-state index contributed by atoms with van der Waals surface area (Å²) in [7, 11) is 1.29. The number of carbonyl (C=O) groups excluding carboxylic acids is 3. The second kappa shape index (κ2) is 15.7. The van der Waals surface area contributed by atoms with Crippen LogP contribution >= 0.6 is 23.2 Å². The minimum absolute atomic E-state index is 0.379. The van der Waals surface area contributed by atoms with E-state index in [2.05, 4.69) is 15.4 Å². The Kier molecular flexibility index (Phi) is 13.4. The van der Waals surface area contributed by atoms with Gasteiger partial charge in [0.05, 0.1) is 18.5 Å². The first-order chi connectivity index (χ1) is 18.9. The minimum atomic E-state index is -1.08. The third-order valence-corrected chi connectivity index (χ3v) is 4.78. The molecule has 41 heavy (non-hydrogen) atoms. The number of anilines is 2. The molecule has 0 aliphatic carbocycles. The number of carbonyl (C=O) groups is 4. The van der Waals surface area contributed by atoms with Gasteiger partial charge in [-0.3, -0.25) is 10.6 Å². The van der Waals surface area contributed by atoms with Crippen molar-refractivity contribution in [3.8, 4) is 0 Å². The second-order valence-corrected chi connectivity index (χ2v) is 11.1. The molecule has 2 rings (SSSR count). The highest BCUT2D eigenvalue weighted by Gasteiger charge is 2.18. The molecule has 0 aliphatic rings. The molecular formula is C29H34Cl2N2O8. The predicted molar refractivity (Wildman–Crippen MR) is 160 cm³/mol. The van der Waals surface area contributed by atoms with Crippen molar-refractivity contribution in [3.05, 3.63) is 69.7 Å². The van der Waals surface area contributed by atoms with Crippen molar-refractivity contribution >= 4 is 70.9 Å². The highest BCUT2D eigenvalue weighted by atomic mass is 35.5. The Labute approximate surface area is 249 Å². The van der Waals surface area contributed by atoms with E-state index in [1.54, 1.807) is 71.9 Å². The number of carboxylic acids is 1. The summed E-state index contributed by atoms with van der Waals surface area (Å²) in [5.41, 5.74) is 0.712. The fourth-order valence-electron chi connectivity index (χ4n) is 2.78. The van der Waals surface area contributed by atoms with E-state index < -0.39 is 35.3 Å². The van der Waals surface area contributed by atoms with E-state index in [1.165, 1.54) is 31.4 Å². The van der Waals surface area contributed by atoms with Crippen LogP contribution in [-0.4, -0.2) is 47.5 Å². The maximum atomic E-state index is 11.8. The van der Waals surface area contributed by atoms with E-state index in [9.17, 15) is 19.2 Å². The molecule has 3 N–H and O–H groups in total. The summed E-state index contributed by atoms with van der Waals surface area (Å²) >= 11 is 11.8. The first-order valence-electron chi connectivity index (χ1n) is 12.1. The summed E-state index contributed by atoms with van der Waals surface area (Å²) < 4.78 is 14.8. The predicted octanol–water partition coefficient (Wildman–Crippen LogP) is 7.66. The fourth-order valence-corrected chi connectivity index (χ4v) is 3.12. The summed E-state index contributed by atoms with van der Waals surface area (Å²) in [4.78, 5) is 45.2. The number of aliphatic carboxylic acids is 1. The van der Waals surface area contributed by atoms with Crippen molar-refractivity contribution < 1.29 is 38.5 Å². The number of rotatable bonds is 6. The second-order valence-electron chi connectivity index (χ2n) is 10.2. The van der Waals surface area contributed by atoms with Gasteiger partial charge in [0.1, 0.15) is 11.2 Å². The topological polar surface area (TPSA) is 140 Å². The smallest absolute Gasteiger partial charge is 0.412 e. The molecule has 0 aromatic heterocycles. The van der Waals surface area contributed by atoms with Gasteiger partial charge in [-0.2, -0.15) is 0 Å². The molecule has 0 radical (unpaired) electrons. The lowest BCUT2D eigenvalue weighted by Crippen LogP contribution is -2.27. The summed E-state index contributed by atoms with van der Waals surface area (Å²) in [6, 6.07) is 9.63. The summed E-state index contributed by atoms with van der Waals surface area (Å²) in [5.74, 6) is -1.57. The lowest BCUT2D eigenvalue weighted by atomic mass is 10.1. The van der Waals surface area contributed by atoms with Gasteiger partial charge in [-0.15, -0.1) is 0 Å². The van der Waals surface area contributed by atoms with Crippen molar-refractivity contribution in [2.75, 3.05) is 17.7 Å². The molecule has 0 saturated heterocycles. The highest BCUT2D eigenvalue weighted by Crippen LogP contribution is 2.24. The van der Waals surface area contributed by atoms with Crippen LogP contribution in [0.4, 0.5) is 21.0 Å². The number of hydrogen-bond acceptors (Lipinski definition) is 7. The number of amides is 2. The first-order valence-corrected chi connectivity index (χ1v) is 12.9. The lowest BCUT2D eigenvalue weighted by Gasteiger charge is -2.20. The van der Waals surface area contributed by atoms with E-state index in [1.807, 2.05) is 0 Å². The van der Waals surface area contributed by atoms with Crippen LogP contribution in [0.15, 0.2) is 48.6 Å². The van der Waals surface area contributed by atoms with Crippen LogP contribution < -0.4 is 10.6 Å². The standard InChI is InChI=1S/C15H18ClNO4.C14H16ClNO4/c1-15(2,3)21-14(19)17-12-9-11(16)7-5-10(12)6-8-13(18)20-4;1-14(2,3)20-13(19)16-11-8-10(15)6-4-9(11)5-7-12(17)18/h5-9H,1-4H3,(H,17,19);4-8H,1-3H3,(H,16,19)(H,17,18)/b8-6+;7-5+. The number of esters is 1. The first kappa shape index (κ1) is 35.0. The molecule has 10 nitrogen and oxygen atoms in total. The summed E-state index contributed by atoms with van der Waals surface area (Å²) in [6.07, 6.45) is 3.88. The number of nitrogens with one attached hydrogen (secondary N) is 2. The van der Waals surface area contributed by atoms with Crippen molar-refractivity contribution in [2.24, 2.45) is 0 Å². The van der Waals surface area contributed by atoms with Gasteiger partial charge in [0.15, 0.2) is 0 Å². The molecule has 0 fully saturated rings. The molecule has 0 bridgehead atoms. The van der Waals surface area contributed by atoms with Crippen molar-refractivity contribution in [2.45, 2.75) is 52.7 Å². The zero-order valence-corrected chi connectivity index (χ0v) is 25.3. The van der Waals surface area contributed by atoms with E-state index in [4.69, 9.17) is 37.8 Å². The van der Waals surface area contributed by atoms with Crippen LogP contribution in [0.1, 0.15) is 52.7 Å². The summed E-state index contributed by atoms with van der Waals surface area (Å²) in [5, 5.41) is 14.6. The number of benzene rings is 2. The van der Waals surface area contributed by atoms with Gasteiger partial charge in [-0.1, -0.05) is 35.3 Å². The number of hydrogen-bond donors (Lipinski definition) is 3. The fraction of sp³-hybridized carbons (Fsp3) is 0.310. The molecule has 222 valence electrons. The molecule has 2 amide bonds. The average Bonchev–Trinajstić information content (AvgIpc) is 2.80. The molecule has 0 aliphatic heterocycles. The van der Waals surface area contributed by atoms with E-state index in [0.717, 1.165) is 6.08 Å². The monoisotopic (exact) mass is 608 g/mol. The quantitative estimate of drug-likeness (QED) is 0.172. The number of ether oxygens (including phenoxy) is 3. The maximum Gasteiger partial charge on any atom is 0.412 e. The third-order valence-electron chi connectivity index (χ3n) is 4.31. The van der Waals surface area contributed by atoms with Gasteiger partial charge in [-0.25, -0.2) is 19.2 Å². The van der Waals surface area contributed by atoms with Crippen molar-refractivity contribution in [3.63, 3.8) is 0 Å². The average molecular weight is 610 g/mol. The molecule has 0 unspecified atom stereocenters. The van der Waals surface area contributed by atoms with Gasteiger partial charge < -0.3 is 19.3 Å². The lowest BCUT2D eigenvalue weighted by molar-refractivity contribution is -0.135. The Balaban J connectivity index is 0.000000410. The Hall–Kier alpha value is -4.02. The van der Waals surface area contributed by atoms with Gasteiger partial charge in [-0.05, 0) is 89.1 Å². The Morgan fingerprint density at radius 2 is 1.12 bits per heavy atom. The molecule has 0 atom stereocenters. The van der Waals surface area contributed by atoms with Gasteiger partial charge in [0, 0.05) is 22.2 Å². The van der Waals surface area contributed by atoms with Crippen LogP contribution in [0.25, 0.3) is 12.2 Å². The third kappa shape index (κ3) is 15.4. The maximum absolute atomic E-state index is 11.8. The molecule has 2 aromatic rings. The van der Waals surface area contributed by atoms with Crippen molar-refractivity contribution in [1.82, 2.24) is 0 Å². The Bertz CT molecular complexity index is 1310. The van der Waals surface area contributed by atoms with Crippen LogP contribution in [0.3, 0.4) is 0 Å². The molecule has 12 heteroatoms. The van der Waals surface area contributed by atoms with Crippen LogP contribution in [0.2, 0.25) is 10.0 Å². The van der Waals surface area contributed by atoms with Gasteiger partial charge in [0.2, 0.25) is 0 Å². The van der Waals surface area contributed by atoms with Crippen LogP contribution in [0.5, 0.6) is 0 Å². The van der Waals surface area contributed by atoms with E-state index >= 15 is 0 Å². The van der Waals surface area contributed by atoms with Gasteiger partial charge >= 0.3 is 24.1 Å². The molecule has 0 heterocycles. The number of carboxylic acid groups (broad SMARTS) is 1. The largest absolute Gasteiger partial charge is 0.478 e. The molecule has 2 aromatic carbocycles. The van der Waals surface area contributed by atoms with Crippen molar-refractivity contribution in [1.29, 1.82) is 0 Å². The van der Waals surface area contributed by atoms with Crippen LogP contribution in [-0.2, 0) is 23.8 Å². The van der Waals surface area contributed by atoms with Crippen LogP contribution in [0, 0.1) is 0 Å². The normalized spacial score (nSPS) is 11.3. The molecule has 0 saturated carbocycles. The molecule has 0 spiro atoms. The number of methoxy groups -OCH3 is 1. The Morgan fingerprint density at radius 3 is 1.46 bits per heavy atom. The Morgan fingerprint density at radius 1 is 0.732 bits per heavy atom. The zero-order valence-electron chi connectivity index (χ0n) is 23.8. The highest BCUT2D eigenvalue weighted by molar-refractivity contribution is 6.31. The SMILES string of the molecule is CC(C)(C)OC(=O)Nc1cc(Cl)ccc1/C=C/C(=O)O.COC(=O)/C=C/c1ccc(Cl)cc1NC(=O)OC(C)(C)C. The zero-order chi connectivity index (χ0) is 31.4. The van der Waals surface area contributed by atoms with E-state index in [0.29, 0.717) is 32.5 Å². The summed E-state index contributed by atoms with van der Waals surface area (Å²) in [6.45, 7) is 10.5. The van der Waals surface area contributed by atoms with E-state index in [-0.39, 0.29) is 0 Å². The minimum Gasteiger partial charge on any atom is -0.478 e. The van der Waals surface area contributed by atoms with Gasteiger partial charge in [0.25, 0.3) is 0 Å². The number of halogens is 2. The molecular weight excluding hydrogens is 575 g/mol.